The van der Waals surface area contributed by atoms with Crippen LogP contribution in [0, 0.1) is 11.3 Å². The summed E-state index contributed by atoms with van der Waals surface area (Å²) in [6.07, 6.45) is 3.10. The van der Waals surface area contributed by atoms with Crippen LogP contribution in [0.25, 0.3) is 0 Å². The molecule has 2 aromatic rings. The number of aryl methyl sites for hydroxylation is 1. The minimum absolute atomic E-state index is 0.244. The van der Waals surface area contributed by atoms with E-state index in [1.807, 2.05) is 0 Å². The van der Waals surface area contributed by atoms with Gasteiger partial charge in [0, 0.05) is 45.6 Å². The third-order valence-electron chi connectivity index (χ3n) is 3.89. The molecule has 0 radical (unpaired) electrons. The van der Waals surface area contributed by atoms with Crippen molar-refractivity contribution in [2.24, 2.45) is 7.05 Å². The fourth-order valence-electron chi connectivity index (χ4n) is 2.70. The molecule has 2 N–H and O–H groups in total. The number of aromatic nitrogens is 3. The van der Waals surface area contributed by atoms with E-state index in [2.05, 4.69) is 31.7 Å². The number of carbonyl (C=O) groups is 1. The first kappa shape index (κ1) is 16.7. The van der Waals surface area contributed by atoms with Crippen molar-refractivity contribution in [2.45, 2.75) is 0 Å². The summed E-state index contributed by atoms with van der Waals surface area (Å²) in [5, 5.41) is 19.3. The van der Waals surface area contributed by atoms with Crippen LogP contribution in [0.15, 0.2) is 18.5 Å². The summed E-state index contributed by atoms with van der Waals surface area (Å²) >= 11 is 0. The quantitative estimate of drug-likeness (QED) is 0.826. The first-order valence-corrected chi connectivity index (χ1v) is 7.87. The van der Waals surface area contributed by atoms with Crippen molar-refractivity contribution in [3.05, 3.63) is 29.6 Å². The predicted octanol–water partition coefficient (Wildman–Crippen LogP) is 0.357. The van der Waals surface area contributed by atoms with E-state index in [1.165, 1.54) is 18.0 Å². The second-order valence-corrected chi connectivity index (χ2v) is 5.62. The van der Waals surface area contributed by atoms with Gasteiger partial charge in [-0.2, -0.15) is 5.26 Å². The molecule has 2 aromatic heterocycles. The lowest BCUT2D eigenvalue weighted by Gasteiger charge is -2.29. The minimum Gasteiger partial charge on any atom is -0.479 e. The van der Waals surface area contributed by atoms with Crippen LogP contribution in [0.1, 0.15) is 15.9 Å². The lowest BCUT2D eigenvalue weighted by molar-refractivity contribution is 0.102. The summed E-state index contributed by atoms with van der Waals surface area (Å²) in [7, 11) is 3.17. The molecule has 0 aliphatic carbocycles. The van der Waals surface area contributed by atoms with Crippen LogP contribution >= 0.6 is 0 Å². The molecule has 0 saturated carbocycles. The van der Waals surface area contributed by atoms with Crippen molar-refractivity contribution >= 4 is 17.4 Å². The summed E-state index contributed by atoms with van der Waals surface area (Å²) in [6, 6.07) is 3.68. The lowest BCUT2D eigenvalue weighted by atomic mass is 10.2. The summed E-state index contributed by atoms with van der Waals surface area (Å²) in [4.78, 5) is 19.1. The van der Waals surface area contributed by atoms with E-state index in [-0.39, 0.29) is 11.8 Å². The van der Waals surface area contributed by atoms with Crippen molar-refractivity contribution in [1.29, 1.82) is 5.26 Å². The lowest BCUT2D eigenvalue weighted by Crippen LogP contribution is -2.44. The average Bonchev–Trinajstić information content (AvgIpc) is 3.03. The topological polar surface area (TPSA) is 108 Å². The average molecular weight is 341 g/mol. The predicted molar refractivity (Wildman–Crippen MR) is 91.7 cm³/mol. The molecular weight excluding hydrogens is 322 g/mol. The van der Waals surface area contributed by atoms with Crippen LogP contribution in [0.3, 0.4) is 0 Å². The van der Waals surface area contributed by atoms with Gasteiger partial charge in [0.2, 0.25) is 5.88 Å². The Hall–Kier alpha value is -3.12. The number of methoxy groups -OCH3 is 1. The Morgan fingerprint density at radius 1 is 1.44 bits per heavy atom. The van der Waals surface area contributed by atoms with Gasteiger partial charge in [-0.1, -0.05) is 0 Å². The van der Waals surface area contributed by atoms with Crippen LogP contribution in [0.5, 0.6) is 5.88 Å². The number of nitrogens with one attached hydrogen (secondary N) is 2. The van der Waals surface area contributed by atoms with E-state index in [0.29, 0.717) is 22.6 Å². The van der Waals surface area contributed by atoms with Crippen molar-refractivity contribution in [1.82, 2.24) is 20.1 Å². The zero-order chi connectivity index (χ0) is 17.8. The molecule has 1 saturated heterocycles. The number of anilines is 2. The second-order valence-electron chi connectivity index (χ2n) is 5.62. The van der Waals surface area contributed by atoms with E-state index < -0.39 is 0 Å². The molecule has 9 heteroatoms. The highest BCUT2D eigenvalue weighted by molar-refractivity contribution is 6.07. The van der Waals surface area contributed by atoms with E-state index in [0.717, 1.165) is 26.2 Å². The maximum Gasteiger partial charge on any atom is 0.262 e. The largest absolute Gasteiger partial charge is 0.479 e. The standard InChI is InChI=1S/C16H19N7O2/c1-22-10-12(16(21-22)25-2)15(24)20-13-7-11(8-17)9-19-14(13)23-5-3-18-4-6-23/h7,9-10,18H,3-6H2,1-2H3,(H,20,24). The Balaban J connectivity index is 1.92. The summed E-state index contributed by atoms with van der Waals surface area (Å²) in [5.74, 6) is 0.531. The molecule has 0 atom stereocenters. The van der Waals surface area contributed by atoms with E-state index in [9.17, 15) is 4.79 Å². The maximum absolute atomic E-state index is 12.7. The number of carbonyl (C=O) groups excluding carboxylic acids is 1. The Bertz CT molecular complexity index is 818. The van der Waals surface area contributed by atoms with Gasteiger partial charge >= 0.3 is 0 Å². The van der Waals surface area contributed by atoms with E-state index in [4.69, 9.17) is 10.00 Å². The molecule has 1 amide bonds. The van der Waals surface area contributed by atoms with Gasteiger partial charge < -0.3 is 20.3 Å². The van der Waals surface area contributed by atoms with E-state index >= 15 is 0 Å². The molecule has 25 heavy (non-hydrogen) atoms. The maximum atomic E-state index is 12.7. The number of hydrogen-bond acceptors (Lipinski definition) is 7. The highest BCUT2D eigenvalue weighted by Gasteiger charge is 2.21. The molecule has 1 aliphatic heterocycles. The van der Waals surface area contributed by atoms with Crippen molar-refractivity contribution in [3.63, 3.8) is 0 Å². The fraction of sp³-hybridized carbons (Fsp3) is 0.375. The van der Waals surface area contributed by atoms with Crippen LogP contribution in [0.2, 0.25) is 0 Å². The van der Waals surface area contributed by atoms with Gasteiger partial charge in [-0.25, -0.2) is 4.98 Å². The number of nitrogens with zero attached hydrogens (tertiary/aromatic N) is 5. The zero-order valence-corrected chi connectivity index (χ0v) is 14.1. The Morgan fingerprint density at radius 3 is 2.88 bits per heavy atom. The summed E-state index contributed by atoms with van der Waals surface area (Å²) < 4.78 is 6.65. The zero-order valence-electron chi connectivity index (χ0n) is 14.1. The van der Waals surface area contributed by atoms with Gasteiger partial charge in [0.15, 0.2) is 5.82 Å². The van der Waals surface area contributed by atoms with E-state index in [1.54, 1.807) is 19.3 Å². The molecule has 9 nitrogen and oxygen atoms in total. The minimum atomic E-state index is -0.363. The molecule has 1 fully saturated rings. The van der Waals surface area contributed by atoms with Crippen molar-refractivity contribution in [3.8, 4) is 11.9 Å². The van der Waals surface area contributed by atoms with Gasteiger partial charge in [-0.15, -0.1) is 5.10 Å². The van der Waals surface area contributed by atoms with Gasteiger partial charge in [0.25, 0.3) is 5.91 Å². The van der Waals surface area contributed by atoms with Crippen molar-refractivity contribution in [2.75, 3.05) is 43.5 Å². The van der Waals surface area contributed by atoms with Gasteiger partial charge in [-0.05, 0) is 6.07 Å². The Labute approximate surface area is 145 Å². The summed E-state index contributed by atoms with van der Waals surface area (Å²) in [5.41, 5.74) is 1.20. The number of nitriles is 1. The van der Waals surface area contributed by atoms with Gasteiger partial charge in [-0.3, -0.25) is 9.48 Å². The third-order valence-corrected chi connectivity index (χ3v) is 3.89. The fourth-order valence-corrected chi connectivity index (χ4v) is 2.70. The Kier molecular flexibility index (Phi) is 4.81. The molecule has 3 rings (SSSR count). The second kappa shape index (κ2) is 7.19. The molecule has 0 bridgehead atoms. The third kappa shape index (κ3) is 3.54. The number of rotatable bonds is 4. The monoisotopic (exact) mass is 341 g/mol. The van der Waals surface area contributed by atoms with Crippen LogP contribution in [-0.4, -0.2) is 54.0 Å². The van der Waals surface area contributed by atoms with Gasteiger partial charge in [0.1, 0.15) is 11.6 Å². The summed E-state index contributed by atoms with van der Waals surface area (Å²) in [6.45, 7) is 3.23. The number of hydrogen-bond donors (Lipinski definition) is 2. The molecule has 3 heterocycles. The van der Waals surface area contributed by atoms with Crippen LogP contribution < -0.4 is 20.3 Å². The SMILES string of the molecule is COc1nn(C)cc1C(=O)Nc1cc(C#N)cnc1N1CCNCC1. The molecular formula is C16H19N7O2. The number of pyridine rings is 1. The molecule has 130 valence electrons. The van der Waals surface area contributed by atoms with Crippen LogP contribution in [0.4, 0.5) is 11.5 Å². The van der Waals surface area contributed by atoms with Crippen LogP contribution in [-0.2, 0) is 7.05 Å². The highest BCUT2D eigenvalue weighted by atomic mass is 16.5. The molecule has 0 spiro atoms. The number of piperazine rings is 1. The smallest absolute Gasteiger partial charge is 0.262 e. The number of amides is 1. The molecule has 1 aliphatic rings. The van der Waals surface area contributed by atoms with Crippen molar-refractivity contribution < 1.29 is 9.53 Å². The Morgan fingerprint density at radius 2 is 2.20 bits per heavy atom. The molecule has 0 unspecified atom stereocenters. The molecule has 0 aromatic carbocycles. The normalized spacial score (nSPS) is 14.0. The first-order chi connectivity index (χ1) is 12.1. The first-order valence-electron chi connectivity index (χ1n) is 7.87. The highest BCUT2D eigenvalue weighted by Crippen LogP contribution is 2.26. The van der Waals surface area contributed by atoms with Gasteiger partial charge in [0.05, 0.1) is 18.4 Å². The number of ether oxygens (including phenoxy) is 1.